The molecule has 3 fully saturated rings. The third-order valence-electron chi connectivity index (χ3n) is 11.8. The van der Waals surface area contributed by atoms with Gasteiger partial charge in [-0.15, -0.1) is 0 Å². The van der Waals surface area contributed by atoms with Gasteiger partial charge in [0.2, 0.25) is 0 Å². The fourth-order valence-corrected chi connectivity index (χ4v) is 9.18. The van der Waals surface area contributed by atoms with Crippen LogP contribution in [0.4, 0.5) is 14.4 Å². The summed E-state index contributed by atoms with van der Waals surface area (Å²) in [7, 11) is 3.24. The maximum atomic E-state index is 13.5. The molecule has 0 saturated heterocycles. The molecule has 4 aliphatic rings. The molecule has 4 rings (SSSR count). The number of nitrogens with zero attached hydrogens (tertiary/aromatic N) is 4. The van der Waals surface area contributed by atoms with Crippen LogP contribution in [0.15, 0.2) is 16.8 Å². The monoisotopic (exact) mass is 686 g/mol. The second-order valence-corrected chi connectivity index (χ2v) is 17.5. The van der Waals surface area contributed by atoms with E-state index >= 15 is 0 Å². The van der Waals surface area contributed by atoms with Crippen molar-refractivity contribution in [2.24, 2.45) is 39.7 Å². The van der Waals surface area contributed by atoms with Crippen molar-refractivity contribution in [2.45, 2.75) is 125 Å². The molecule has 11 heteroatoms. The predicted octanol–water partition coefficient (Wildman–Crippen LogP) is 7.68. The predicted molar refractivity (Wildman–Crippen MR) is 189 cm³/mol. The highest BCUT2D eigenvalue weighted by Crippen LogP contribution is 2.66. The van der Waals surface area contributed by atoms with E-state index in [0.29, 0.717) is 24.2 Å². The Labute approximate surface area is 294 Å². The number of carbonyl (C=O) groups excluding carboxylic acids is 4. The minimum Gasteiger partial charge on any atom is -0.444 e. The van der Waals surface area contributed by atoms with Crippen molar-refractivity contribution in [3.63, 3.8) is 0 Å². The van der Waals surface area contributed by atoms with Gasteiger partial charge in [-0.05, 0) is 128 Å². The number of hydrogen-bond acceptors (Lipinski definition) is 8. The van der Waals surface area contributed by atoms with Gasteiger partial charge in [-0.25, -0.2) is 14.4 Å². The summed E-state index contributed by atoms with van der Waals surface area (Å²) in [6, 6.07) is 0. The molecule has 0 unspecified atom stereocenters. The summed E-state index contributed by atoms with van der Waals surface area (Å²) >= 11 is 0. The zero-order chi connectivity index (χ0) is 36.5. The zero-order valence-electron chi connectivity index (χ0n) is 32.0. The first-order valence-corrected chi connectivity index (χ1v) is 18.3. The molecule has 3 amide bonds. The Bertz CT molecular complexity index is 1290. The van der Waals surface area contributed by atoms with Gasteiger partial charge >= 0.3 is 18.3 Å². The van der Waals surface area contributed by atoms with Crippen LogP contribution in [0.25, 0.3) is 0 Å². The van der Waals surface area contributed by atoms with Gasteiger partial charge in [0, 0.05) is 52.6 Å². The van der Waals surface area contributed by atoms with Gasteiger partial charge in [-0.3, -0.25) is 9.63 Å². The van der Waals surface area contributed by atoms with Gasteiger partial charge in [-0.1, -0.05) is 24.6 Å². The van der Waals surface area contributed by atoms with Crippen LogP contribution in [0.5, 0.6) is 0 Å². The molecule has 6 atom stereocenters. The summed E-state index contributed by atoms with van der Waals surface area (Å²) in [6.07, 6.45) is 8.54. The fraction of sp³-hybridized carbons (Fsp3) is 0.816. The molecular weight excluding hydrogens is 624 g/mol. The van der Waals surface area contributed by atoms with Crippen molar-refractivity contribution in [3.8, 4) is 0 Å². The maximum absolute atomic E-state index is 13.5. The number of ether oxygens (including phenoxy) is 2. The third-order valence-corrected chi connectivity index (χ3v) is 11.8. The van der Waals surface area contributed by atoms with Crippen LogP contribution in [0, 0.1) is 34.5 Å². The molecule has 0 radical (unpaired) electrons. The fourth-order valence-electron chi connectivity index (χ4n) is 9.18. The van der Waals surface area contributed by atoms with E-state index in [2.05, 4.69) is 19.0 Å². The molecule has 0 aromatic carbocycles. The van der Waals surface area contributed by atoms with Gasteiger partial charge in [0.1, 0.15) is 11.2 Å². The summed E-state index contributed by atoms with van der Waals surface area (Å²) in [5.41, 5.74) is 1.13. The molecule has 0 bridgehead atoms. The highest BCUT2D eigenvalue weighted by Gasteiger charge is 2.59. The van der Waals surface area contributed by atoms with Crippen molar-refractivity contribution >= 4 is 29.8 Å². The number of carbonyl (C=O) groups is 4. The van der Waals surface area contributed by atoms with E-state index in [4.69, 9.17) is 14.3 Å². The van der Waals surface area contributed by atoms with E-state index in [1.807, 2.05) is 13.0 Å². The SMILES string of the molecule is C/C(=N\OC(=O)N(CCN(C)C(=O)OC(C)(C)C)CCN(C)C(=O)OC(C)(C)C)[C@H]1CC[C@H]2[C@@H]3CCC4=CC(=O)CC[C@]4(C)[C@H]3CC[C@]12C. The van der Waals surface area contributed by atoms with E-state index in [9.17, 15) is 19.2 Å². The van der Waals surface area contributed by atoms with Gasteiger partial charge in [-0.2, -0.15) is 0 Å². The lowest BCUT2D eigenvalue weighted by Crippen LogP contribution is -2.51. The second-order valence-electron chi connectivity index (χ2n) is 17.5. The number of ketones is 1. The molecule has 0 N–H and O–H groups in total. The molecule has 0 aliphatic heterocycles. The molecule has 49 heavy (non-hydrogen) atoms. The topological polar surface area (TPSA) is 118 Å². The molecule has 0 aromatic rings. The Morgan fingerprint density at radius 1 is 0.796 bits per heavy atom. The van der Waals surface area contributed by atoms with Crippen molar-refractivity contribution in [2.75, 3.05) is 40.3 Å². The van der Waals surface area contributed by atoms with Gasteiger partial charge < -0.3 is 24.2 Å². The Balaban J connectivity index is 1.43. The van der Waals surface area contributed by atoms with Crippen LogP contribution in [0.3, 0.4) is 0 Å². The summed E-state index contributed by atoms with van der Waals surface area (Å²) in [6.45, 7) is 18.4. The molecule has 11 nitrogen and oxygen atoms in total. The number of hydrogen-bond donors (Lipinski definition) is 0. The summed E-state index contributed by atoms with van der Waals surface area (Å²) < 4.78 is 10.9. The normalized spacial score (nSPS) is 29.9. The van der Waals surface area contributed by atoms with Gasteiger partial charge in [0.15, 0.2) is 5.78 Å². The molecule has 3 saturated carbocycles. The van der Waals surface area contributed by atoms with Crippen LogP contribution < -0.4 is 0 Å². The van der Waals surface area contributed by atoms with Crippen LogP contribution in [-0.4, -0.2) is 96.0 Å². The maximum Gasteiger partial charge on any atom is 0.436 e. The number of allylic oxidation sites excluding steroid dienone is 1. The average molecular weight is 687 g/mol. The first kappa shape index (κ1) is 38.7. The molecule has 0 aromatic heterocycles. The van der Waals surface area contributed by atoms with E-state index in [1.165, 1.54) is 20.3 Å². The van der Waals surface area contributed by atoms with E-state index < -0.39 is 29.5 Å². The number of rotatable bonds is 8. The minimum absolute atomic E-state index is 0.0785. The van der Waals surface area contributed by atoms with Crippen LogP contribution >= 0.6 is 0 Å². The van der Waals surface area contributed by atoms with Crippen molar-refractivity contribution in [1.82, 2.24) is 14.7 Å². The highest BCUT2D eigenvalue weighted by atomic mass is 16.7. The average Bonchev–Trinajstić information content (AvgIpc) is 3.35. The number of amides is 3. The molecular formula is C38H62N4O7. The van der Waals surface area contributed by atoms with Crippen molar-refractivity contribution in [3.05, 3.63) is 11.6 Å². The molecule has 4 aliphatic carbocycles. The summed E-state index contributed by atoms with van der Waals surface area (Å²) in [5, 5.41) is 4.44. The zero-order valence-corrected chi connectivity index (χ0v) is 32.0. The first-order chi connectivity index (χ1) is 22.6. The third kappa shape index (κ3) is 8.98. The lowest BCUT2D eigenvalue weighted by Gasteiger charge is -2.58. The lowest BCUT2D eigenvalue weighted by atomic mass is 9.46. The highest BCUT2D eigenvalue weighted by molar-refractivity contribution is 5.91. The lowest BCUT2D eigenvalue weighted by molar-refractivity contribution is -0.117. The Kier molecular flexibility index (Phi) is 11.5. The van der Waals surface area contributed by atoms with Crippen LogP contribution in [-0.2, 0) is 19.1 Å². The van der Waals surface area contributed by atoms with Crippen LogP contribution in [0.1, 0.15) is 114 Å². The van der Waals surface area contributed by atoms with Crippen molar-refractivity contribution < 1.29 is 33.5 Å². The quantitative estimate of drug-likeness (QED) is 0.146. The van der Waals surface area contributed by atoms with E-state index in [0.717, 1.165) is 50.7 Å². The number of fused-ring (bicyclic) bond motifs is 5. The van der Waals surface area contributed by atoms with E-state index in [-0.39, 0.29) is 48.7 Å². The van der Waals surface area contributed by atoms with E-state index in [1.54, 1.807) is 55.6 Å². The Hall–Kier alpha value is -3.11. The largest absolute Gasteiger partial charge is 0.444 e. The molecule has 0 heterocycles. The minimum atomic E-state index is -0.646. The summed E-state index contributed by atoms with van der Waals surface area (Å²) in [4.78, 5) is 60.9. The van der Waals surface area contributed by atoms with Gasteiger partial charge in [0.25, 0.3) is 0 Å². The Morgan fingerprint density at radius 3 is 1.92 bits per heavy atom. The first-order valence-electron chi connectivity index (χ1n) is 18.3. The number of oxime groups is 1. The van der Waals surface area contributed by atoms with Gasteiger partial charge in [0.05, 0.1) is 5.71 Å². The summed E-state index contributed by atoms with van der Waals surface area (Å²) in [5.74, 6) is 2.33. The second kappa shape index (κ2) is 14.6. The molecule has 276 valence electrons. The van der Waals surface area contributed by atoms with Crippen molar-refractivity contribution in [1.29, 1.82) is 0 Å². The van der Waals surface area contributed by atoms with Crippen LogP contribution in [0.2, 0.25) is 0 Å². The number of likely N-dealkylation sites (N-methyl/N-ethyl adjacent to an activating group) is 2. The molecule has 0 spiro atoms. The Morgan fingerprint density at radius 2 is 1.37 bits per heavy atom. The standard InChI is InChI=1S/C38H62N4O7/c1-25(29-14-15-30-28-13-12-26-24-27(43)16-18-37(26,8)31(28)17-19-38(29,30)9)39-49-34(46)42(22-20-40(10)32(44)47-35(2,3)4)23-21-41(11)33(45)48-36(5,6)7/h24,28-31H,12-23H2,1-11H3/b39-25+/t28-,29+,30-,31-,37-,38+/m0/s1. The smallest absolute Gasteiger partial charge is 0.436 e.